The average Bonchev–Trinajstić information content (AvgIpc) is 3.33. The van der Waals surface area contributed by atoms with Crippen LogP contribution in [0.2, 0.25) is 0 Å². The number of amides is 2. The summed E-state index contributed by atoms with van der Waals surface area (Å²) < 4.78 is 0. The van der Waals surface area contributed by atoms with Gasteiger partial charge in [0.15, 0.2) is 0 Å². The molecule has 7 heteroatoms. The van der Waals surface area contributed by atoms with Gasteiger partial charge < -0.3 is 10.2 Å². The van der Waals surface area contributed by atoms with E-state index < -0.39 is 6.04 Å². The maximum Gasteiger partial charge on any atom is 0.273 e. The Kier molecular flexibility index (Phi) is 7.04. The molecule has 0 unspecified atom stereocenters. The van der Waals surface area contributed by atoms with Crippen molar-refractivity contribution in [3.05, 3.63) is 82.6 Å². The lowest BCUT2D eigenvalue weighted by Gasteiger charge is -2.33. The van der Waals surface area contributed by atoms with Gasteiger partial charge in [0.2, 0.25) is 5.91 Å². The first-order valence-corrected chi connectivity index (χ1v) is 11.5. The molecule has 0 saturated heterocycles. The van der Waals surface area contributed by atoms with E-state index in [1.807, 2.05) is 17.5 Å². The highest BCUT2D eigenvalue weighted by Crippen LogP contribution is 2.27. The van der Waals surface area contributed by atoms with Crippen LogP contribution in [0.5, 0.6) is 0 Å². The molecule has 1 fully saturated rings. The van der Waals surface area contributed by atoms with E-state index in [-0.39, 0.29) is 17.9 Å². The average molecular weight is 435 g/mol. The van der Waals surface area contributed by atoms with E-state index in [2.05, 4.69) is 15.3 Å². The highest BCUT2D eigenvalue weighted by molar-refractivity contribution is 7.09. The van der Waals surface area contributed by atoms with Crippen molar-refractivity contribution in [3.8, 4) is 0 Å². The van der Waals surface area contributed by atoms with Crippen molar-refractivity contribution in [2.24, 2.45) is 0 Å². The number of hydrogen-bond donors (Lipinski definition) is 1. The molecule has 2 amide bonds. The summed E-state index contributed by atoms with van der Waals surface area (Å²) in [7, 11) is 0. The summed E-state index contributed by atoms with van der Waals surface area (Å²) in [5, 5.41) is 5.19. The molecule has 1 N–H and O–H groups in total. The van der Waals surface area contributed by atoms with E-state index in [0.29, 0.717) is 12.2 Å². The van der Waals surface area contributed by atoms with Crippen LogP contribution in [0.25, 0.3) is 0 Å². The Bertz CT molecular complexity index is 973. The molecule has 3 aromatic heterocycles. The summed E-state index contributed by atoms with van der Waals surface area (Å²) in [5.74, 6) is -0.423. The van der Waals surface area contributed by atoms with E-state index >= 15 is 0 Å². The number of thiophene rings is 1. The molecule has 0 aliphatic heterocycles. The Labute approximate surface area is 186 Å². The highest BCUT2D eigenvalue weighted by atomic mass is 32.1. The van der Waals surface area contributed by atoms with Gasteiger partial charge in [-0.15, -0.1) is 11.3 Å². The molecule has 1 saturated carbocycles. The number of pyridine rings is 2. The van der Waals surface area contributed by atoms with Gasteiger partial charge >= 0.3 is 0 Å². The second-order valence-corrected chi connectivity index (χ2v) is 8.79. The minimum atomic E-state index is -0.762. The molecule has 1 aliphatic carbocycles. The zero-order valence-corrected chi connectivity index (χ0v) is 18.1. The zero-order valence-electron chi connectivity index (χ0n) is 17.3. The smallest absolute Gasteiger partial charge is 0.273 e. The predicted molar refractivity (Wildman–Crippen MR) is 120 cm³/mol. The molecule has 0 radical (unpaired) electrons. The molecule has 3 aromatic rings. The minimum absolute atomic E-state index is 0.152. The van der Waals surface area contributed by atoms with Crippen molar-refractivity contribution in [2.45, 2.75) is 50.7 Å². The molecular weight excluding hydrogens is 408 g/mol. The standard InChI is InChI=1S/C24H26N4O2S/c29-23(27-19-7-2-1-3-8-19)22(18-11-14-25-15-12-18)28(17-20-9-6-16-31-20)24(30)21-10-4-5-13-26-21/h4-6,9-16,19,22H,1-3,7-8,17H2,(H,27,29)/t22-/m0/s1. The molecule has 6 nitrogen and oxygen atoms in total. The third-order valence-corrected chi connectivity index (χ3v) is 6.45. The fourth-order valence-corrected chi connectivity index (χ4v) is 4.74. The van der Waals surface area contributed by atoms with E-state index in [1.165, 1.54) is 6.42 Å². The summed E-state index contributed by atoms with van der Waals surface area (Å²) in [6, 6.07) is 12.2. The van der Waals surface area contributed by atoms with Crippen LogP contribution in [0.15, 0.2) is 66.4 Å². The second kappa shape index (κ2) is 10.3. The van der Waals surface area contributed by atoms with E-state index in [9.17, 15) is 9.59 Å². The third-order valence-electron chi connectivity index (χ3n) is 5.58. The van der Waals surface area contributed by atoms with Crippen LogP contribution in [0.1, 0.15) is 59.1 Å². The van der Waals surface area contributed by atoms with Crippen molar-refractivity contribution in [2.75, 3.05) is 0 Å². The van der Waals surface area contributed by atoms with E-state index in [0.717, 1.165) is 36.1 Å². The number of nitrogens with one attached hydrogen (secondary N) is 1. The van der Waals surface area contributed by atoms with Crippen molar-refractivity contribution in [1.29, 1.82) is 0 Å². The number of carbonyl (C=O) groups excluding carboxylic acids is 2. The van der Waals surface area contributed by atoms with Gasteiger partial charge in [-0.2, -0.15) is 0 Å². The van der Waals surface area contributed by atoms with Crippen LogP contribution in [0.3, 0.4) is 0 Å². The van der Waals surface area contributed by atoms with Crippen LogP contribution in [-0.4, -0.2) is 32.7 Å². The Morgan fingerprint density at radius 1 is 1.03 bits per heavy atom. The summed E-state index contributed by atoms with van der Waals surface area (Å²) in [4.78, 5) is 38.1. The highest BCUT2D eigenvalue weighted by Gasteiger charge is 2.34. The van der Waals surface area contributed by atoms with Crippen molar-refractivity contribution in [3.63, 3.8) is 0 Å². The van der Waals surface area contributed by atoms with Crippen molar-refractivity contribution >= 4 is 23.2 Å². The molecule has 0 spiro atoms. The largest absolute Gasteiger partial charge is 0.351 e. The van der Waals surface area contributed by atoms with Gasteiger partial charge in [-0.25, -0.2) is 0 Å². The number of nitrogens with zero attached hydrogens (tertiary/aromatic N) is 3. The summed E-state index contributed by atoms with van der Waals surface area (Å²) >= 11 is 1.57. The van der Waals surface area contributed by atoms with Crippen molar-refractivity contribution < 1.29 is 9.59 Å². The molecule has 0 bridgehead atoms. The predicted octanol–water partition coefficient (Wildman–Crippen LogP) is 4.37. The first-order chi connectivity index (χ1) is 15.2. The van der Waals surface area contributed by atoms with Gasteiger partial charge in [0.05, 0.1) is 6.54 Å². The molecule has 1 aliphatic rings. The summed E-state index contributed by atoms with van der Waals surface area (Å²) in [6.45, 7) is 0.331. The summed E-state index contributed by atoms with van der Waals surface area (Å²) in [6.07, 6.45) is 10.3. The Hall–Kier alpha value is -3.06. The van der Waals surface area contributed by atoms with Gasteiger partial charge in [-0.3, -0.25) is 19.6 Å². The van der Waals surface area contributed by atoms with Crippen LogP contribution in [-0.2, 0) is 11.3 Å². The SMILES string of the molecule is O=C(NC1CCCCC1)[C@H](c1ccncc1)N(Cc1cccs1)C(=O)c1ccccn1. The number of rotatable bonds is 7. The van der Waals surface area contributed by atoms with Crippen LogP contribution < -0.4 is 5.32 Å². The maximum atomic E-state index is 13.6. The van der Waals surface area contributed by atoms with Gasteiger partial charge in [-0.1, -0.05) is 31.4 Å². The van der Waals surface area contributed by atoms with Crippen LogP contribution in [0.4, 0.5) is 0 Å². The third kappa shape index (κ3) is 5.35. The molecule has 4 rings (SSSR count). The summed E-state index contributed by atoms with van der Waals surface area (Å²) in [5.41, 5.74) is 1.06. The van der Waals surface area contributed by atoms with Gasteiger partial charge in [0.1, 0.15) is 11.7 Å². The lowest BCUT2D eigenvalue weighted by atomic mass is 9.94. The second-order valence-electron chi connectivity index (χ2n) is 7.75. The fourth-order valence-electron chi connectivity index (χ4n) is 4.03. The topological polar surface area (TPSA) is 75.2 Å². The quantitative estimate of drug-likeness (QED) is 0.599. The van der Waals surface area contributed by atoms with Crippen molar-refractivity contribution in [1.82, 2.24) is 20.2 Å². The first kappa shape index (κ1) is 21.2. The zero-order chi connectivity index (χ0) is 21.5. The molecule has 3 heterocycles. The fraction of sp³-hybridized carbons (Fsp3) is 0.333. The first-order valence-electron chi connectivity index (χ1n) is 10.7. The Morgan fingerprint density at radius 2 is 1.84 bits per heavy atom. The van der Waals surface area contributed by atoms with Crippen LogP contribution >= 0.6 is 11.3 Å². The van der Waals surface area contributed by atoms with Gasteiger partial charge in [-0.05, 0) is 54.1 Å². The number of carbonyl (C=O) groups is 2. The number of aromatic nitrogens is 2. The van der Waals surface area contributed by atoms with E-state index in [4.69, 9.17) is 0 Å². The molecular formula is C24H26N4O2S. The lowest BCUT2D eigenvalue weighted by Crippen LogP contribution is -2.47. The van der Waals surface area contributed by atoms with Gasteiger partial charge in [0.25, 0.3) is 5.91 Å². The number of hydrogen-bond acceptors (Lipinski definition) is 5. The van der Waals surface area contributed by atoms with Crippen LogP contribution in [0, 0.1) is 0 Å². The Morgan fingerprint density at radius 3 is 2.52 bits per heavy atom. The van der Waals surface area contributed by atoms with Gasteiger partial charge in [0, 0.05) is 29.5 Å². The minimum Gasteiger partial charge on any atom is -0.351 e. The molecule has 1 atom stereocenters. The Balaban J connectivity index is 1.69. The molecule has 160 valence electrons. The molecule has 31 heavy (non-hydrogen) atoms. The monoisotopic (exact) mass is 434 g/mol. The lowest BCUT2D eigenvalue weighted by molar-refractivity contribution is -0.127. The van der Waals surface area contributed by atoms with E-state index in [1.54, 1.807) is 65.2 Å². The molecule has 0 aromatic carbocycles. The normalized spacial score (nSPS) is 15.2. The maximum absolute atomic E-state index is 13.6.